The normalized spacial score (nSPS) is 14.4. The molecule has 2 aromatic heterocycles. The van der Waals surface area contributed by atoms with Gasteiger partial charge in [-0.25, -0.2) is 0 Å². The van der Waals surface area contributed by atoms with E-state index in [2.05, 4.69) is 10.3 Å². The maximum atomic E-state index is 13.2. The molecule has 1 aliphatic carbocycles. The summed E-state index contributed by atoms with van der Waals surface area (Å²) in [5.74, 6) is -0.312. The van der Waals surface area contributed by atoms with Crippen LogP contribution < -0.4 is 10.7 Å². The molecule has 1 aliphatic rings. The first-order valence-corrected chi connectivity index (χ1v) is 11.6. The third-order valence-electron chi connectivity index (χ3n) is 5.94. The highest BCUT2D eigenvalue weighted by atomic mass is 16.2. The molecular formula is C25H34N4O3. The van der Waals surface area contributed by atoms with Crippen molar-refractivity contribution >= 4 is 11.8 Å². The van der Waals surface area contributed by atoms with Crippen LogP contribution in [0, 0.1) is 5.92 Å². The first-order chi connectivity index (χ1) is 15.3. The van der Waals surface area contributed by atoms with Crippen molar-refractivity contribution in [1.82, 2.24) is 19.8 Å². The lowest BCUT2D eigenvalue weighted by atomic mass is 9.89. The molecule has 2 aromatic rings. The molecule has 2 amide bonds. The lowest BCUT2D eigenvalue weighted by Crippen LogP contribution is -2.38. The summed E-state index contributed by atoms with van der Waals surface area (Å²) in [4.78, 5) is 44.8. The van der Waals surface area contributed by atoms with Gasteiger partial charge in [-0.3, -0.25) is 19.4 Å². The highest BCUT2D eigenvalue weighted by molar-refractivity contribution is 5.99. The topological polar surface area (TPSA) is 84.3 Å². The highest BCUT2D eigenvalue weighted by Crippen LogP contribution is 2.25. The second kappa shape index (κ2) is 11.1. The van der Waals surface area contributed by atoms with Crippen molar-refractivity contribution in [3.63, 3.8) is 0 Å². The molecule has 0 bridgehead atoms. The standard InChI is InChI=1S/C25H34N4O3/c1-18(2)27-24(31)21-16-29(15-19-9-5-4-6-10-19)17-22(23(21)30)25(32)28(3)14-12-20-11-7-8-13-26-20/h7-8,11,13,16-19H,4-6,9-10,12,14-15H2,1-3H3,(H,27,31). The third-order valence-corrected chi connectivity index (χ3v) is 5.94. The fourth-order valence-corrected chi connectivity index (χ4v) is 4.19. The zero-order valence-electron chi connectivity index (χ0n) is 19.3. The average molecular weight is 439 g/mol. The van der Waals surface area contributed by atoms with E-state index in [0.717, 1.165) is 18.5 Å². The predicted octanol–water partition coefficient (Wildman–Crippen LogP) is 3.28. The number of amides is 2. The van der Waals surface area contributed by atoms with Crippen molar-refractivity contribution in [3.8, 4) is 0 Å². The fraction of sp³-hybridized carbons (Fsp3) is 0.520. The summed E-state index contributed by atoms with van der Waals surface area (Å²) in [5.41, 5.74) is 0.434. The highest BCUT2D eigenvalue weighted by Gasteiger charge is 2.23. The van der Waals surface area contributed by atoms with E-state index >= 15 is 0 Å². The van der Waals surface area contributed by atoms with Gasteiger partial charge in [0.05, 0.1) is 0 Å². The van der Waals surface area contributed by atoms with Crippen LogP contribution in [0.1, 0.15) is 72.4 Å². The summed E-state index contributed by atoms with van der Waals surface area (Å²) in [6.07, 6.45) is 11.5. The van der Waals surface area contributed by atoms with Crippen molar-refractivity contribution < 1.29 is 9.59 Å². The quantitative estimate of drug-likeness (QED) is 0.686. The van der Waals surface area contributed by atoms with E-state index in [1.165, 1.54) is 24.2 Å². The Kier molecular flexibility index (Phi) is 8.20. The summed E-state index contributed by atoms with van der Waals surface area (Å²) in [6.45, 7) is 4.83. The molecule has 1 fully saturated rings. The third kappa shape index (κ3) is 6.28. The Morgan fingerprint density at radius 3 is 2.53 bits per heavy atom. The van der Waals surface area contributed by atoms with E-state index in [1.807, 2.05) is 36.6 Å². The molecule has 7 heteroatoms. The van der Waals surface area contributed by atoms with Gasteiger partial charge in [-0.2, -0.15) is 0 Å². The Balaban J connectivity index is 1.85. The molecule has 3 rings (SSSR count). The van der Waals surface area contributed by atoms with E-state index < -0.39 is 11.3 Å². The number of nitrogens with zero attached hydrogens (tertiary/aromatic N) is 3. The van der Waals surface area contributed by atoms with Gasteiger partial charge in [0.15, 0.2) is 0 Å². The van der Waals surface area contributed by atoms with Gasteiger partial charge in [0.2, 0.25) is 5.43 Å². The fourth-order valence-electron chi connectivity index (χ4n) is 4.19. The molecule has 0 saturated heterocycles. The van der Waals surface area contributed by atoms with Crippen LogP contribution in [0.4, 0.5) is 0 Å². The second-order valence-electron chi connectivity index (χ2n) is 9.04. The largest absolute Gasteiger partial charge is 0.352 e. The minimum absolute atomic E-state index is 0.0264. The van der Waals surface area contributed by atoms with Gasteiger partial charge in [-0.05, 0) is 44.7 Å². The summed E-state index contributed by atoms with van der Waals surface area (Å²) in [6, 6.07) is 5.56. The molecule has 0 radical (unpaired) electrons. The number of carbonyl (C=O) groups excluding carboxylic acids is 2. The van der Waals surface area contributed by atoms with E-state index in [4.69, 9.17) is 0 Å². The van der Waals surface area contributed by atoms with Gasteiger partial charge in [-0.1, -0.05) is 25.3 Å². The monoisotopic (exact) mass is 438 g/mol. The van der Waals surface area contributed by atoms with Crippen LogP contribution in [0.2, 0.25) is 0 Å². The Labute approximate surface area is 189 Å². The number of nitrogens with one attached hydrogen (secondary N) is 1. The minimum Gasteiger partial charge on any atom is -0.352 e. The zero-order valence-corrected chi connectivity index (χ0v) is 19.3. The van der Waals surface area contributed by atoms with Crippen molar-refractivity contribution in [2.24, 2.45) is 5.92 Å². The van der Waals surface area contributed by atoms with Crippen molar-refractivity contribution in [1.29, 1.82) is 0 Å². The molecule has 1 saturated carbocycles. The van der Waals surface area contributed by atoms with E-state index in [0.29, 0.717) is 25.4 Å². The van der Waals surface area contributed by atoms with Crippen LogP contribution in [0.25, 0.3) is 0 Å². The summed E-state index contributed by atoms with van der Waals surface area (Å²) < 4.78 is 1.87. The summed E-state index contributed by atoms with van der Waals surface area (Å²) in [5, 5.41) is 2.79. The van der Waals surface area contributed by atoms with E-state index in [-0.39, 0.29) is 23.1 Å². The lowest BCUT2D eigenvalue weighted by Gasteiger charge is -2.24. The van der Waals surface area contributed by atoms with E-state index in [9.17, 15) is 14.4 Å². The number of hydrogen-bond acceptors (Lipinski definition) is 4. The molecule has 7 nitrogen and oxygen atoms in total. The maximum Gasteiger partial charge on any atom is 0.259 e. The molecule has 0 aliphatic heterocycles. The SMILES string of the molecule is CC(C)NC(=O)c1cn(CC2CCCCC2)cc(C(=O)N(C)CCc2ccccn2)c1=O. The van der Waals surface area contributed by atoms with Gasteiger partial charge in [0.1, 0.15) is 11.1 Å². The lowest BCUT2D eigenvalue weighted by molar-refractivity contribution is 0.0794. The Morgan fingerprint density at radius 2 is 1.88 bits per heavy atom. The van der Waals surface area contributed by atoms with Crippen molar-refractivity contribution in [3.05, 3.63) is 63.8 Å². The van der Waals surface area contributed by atoms with Crippen LogP contribution in [-0.2, 0) is 13.0 Å². The van der Waals surface area contributed by atoms with Crippen LogP contribution in [0.15, 0.2) is 41.6 Å². The minimum atomic E-state index is -0.516. The maximum absolute atomic E-state index is 13.2. The van der Waals surface area contributed by atoms with Crippen molar-refractivity contribution in [2.45, 2.75) is 65.0 Å². The van der Waals surface area contributed by atoms with Gasteiger partial charge in [0.25, 0.3) is 11.8 Å². The molecule has 0 aromatic carbocycles. The zero-order chi connectivity index (χ0) is 23.1. The molecular weight excluding hydrogens is 404 g/mol. The first-order valence-electron chi connectivity index (χ1n) is 11.6. The molecule has 0 spiro atoms. The first kappa shape index (κ1) is 23.7. The molecule has 1 N–H and O–H groups in total. The number of carbonyl (C=O) groups is 2. The smallest absolute Gasteiger partial charge is 0.259 e. The number of pyridine rings is 2. The Hall–Kier alpha value is -2.96. The van der Waals surface area contributed by atoms with Crippen LogP contribution in [-0.4, -0.2) is 45.9 Å². The Bertz CT molecular complexity index is 978. The number of rotatable bonds is 8. The second-order valence-corrected chi connectivity index (χ2v) is 9.04. The summed E-state index contributed by atoms with van der Waals surface area (Å²) >= 11 is 0. The predicted molar refractivity (Wildman–Crippen MR) is 125 cm³/mol. The van der Waals surface area contributed by atoms with Crippen LogP contribution >= 0.6 is 0 Å². The van der Waals surface area contributed by atoms with Gasteiger partial charge in [0, 0.05) is 56.9 Å². The number of aromatic nitrogens is 2. The van der Waals surface area contributed by atoms with Crippen LogP contribution in [0.3, 0.4) is 0 Å². The Morgan fingerprint density at radius 1 is 1.16 bits per heavy atom. The van der Waals surface area contributed by atoms with Crippen LogP contribution in [0.5, 0.6) is 0 Å². The van der Waals surface area contributed by atoms with E-state index in [1.54, 1.807) is 25.6 Å². The molecule has 0 atom stereocenters. The summed E-state index contributed by atoms with van der Waals surface area (Å²) in [7, 11) is 1.68. The molecule has 32 heavy (non-hydrogen) atoms. The molecule has 0 unspecified atom stereocenters. The number of hydrogen-bond donors (Lipinski definition) is 1. The molecule has 2 heterocycles. The number of likely N-dealkylation sites (N-methyl/N-ethyl adjacent to an activating group) is 1. The van der Waals surface area contributed by atoms with Crippen molar-refractivity contribution in [2.75, 3.05) is 13.6 Å². The van der Waals surface area contributed by atoms with Gasteiger partial charge >= 0.3 is 0 Å². The molecule has 172 valence electrons. The van der Waals surface area contributed by atoms with Gasteiger partial charge < -0.3 is 14.8 Å². The average Bonchev–Trinajstić information content (AvgIpc) is 2.79. The van der Waals surface area contributed by atoms with Gasteiger partial charge in [-0.15, -0.1) is 0 Å².